The number of hydrogen-bond donors (Lipinski definition) is 0. The lowest BCUT2D eigenvalue weighted by molar-refractivity contribution is -0.118. The predicted molar refractivity (Wildman–Crippen MR) is 99.3 cm³/mol. The second-order valence-corrected chi connectivity index (χ2v) is 6.25. The van der Waals surface area contributed by atoms with Crippen molar-refractivity contribution >= 4 is 5.78 Å². The molecule has 0 saturated carbocycles. The number of Topliss-reactive ketones (excluding diaryl/α,β-unsaturated/α-hetero) is 1. The topological polar surface area (TPSA) is 43.1 Å². The maximum atomic E-state index is 12.1. The molecule has 3 heteroatoms. The highest BCUT2D eigenvalue weighted by Crippen LogP contribution is 2.18. The summed E-state index contributed by atoms with van der Waals surface area (Å²) < 4.78 is 5.44. The minimum Gasteiger partial charge on any atom is -0.448 e. The number of carbonyl (C=O) groups excluding carboxylic acids is 1. The number of hydrogen-bond acceptors (Lipinski definition) is 3. The van der Waals surface area contributed by atoms with Gasteiger partial charge < -0.3 is 4.42 Å². The van der Waals surface area contributed by atoms with Gasteiger partial charge in [-0.05, 0) is 24.8 Å². The predicted octanol–water partition coefficient (Wildman–Crippen LogP) is 5.26. The lowest BCUT2D eigenvalue weighted by atomic mass is 10.0. The van der Waals surface area contributed by atoms with Crippen LogP contribution in [0.15, 0.2) is 71.3 Å². The van der Waals surface area contributed by atoms with Gasteiger partial charge in [-0.15, -0.1) is 0 Å². The van der Waals surface area contributed by atoms with Crippen molar-refractivity contribution < 1.29 is 9.21 Å². The zero-order valence-electron chi connectivity index (χ0n) is 14.4. The van der Waals surface area contributed by atoms with Crippen molar-refractivity contribution in [3.8, 4) is 11.3 Å². The molecule has 0 N–H and O–H groups in total. The normalized spacial score (nSPS) is 10.7. The quantitative estimate of drug-likeness (QED) is 0.502. The van der Waals surface area contributed by atoms with Crippen LogP contribution in [0.5, 0.6) is 0 Å². The van der Waals surface area contributed by atoms with Gasteiger partial charge in [-0.25, -0.2) is 4.98 Å². The average Bonchev–Trinajstić information content (AvgIpc) is 3.11. The third kappa shape index (κ3) is 5.42. The monoisotopic (exact) mass is 333 g/mol. The Morgan fingerprint density at radius 2 is 1.60 bits per heavy atom. The molecule has 2 aromatic carbocycles. The van der Waals surface area contributed by atoms with E-state index in [1.807, 2.05) is 36.4 Å². The highest BCUT2D eigenvalue weighted by molar-refractivity contribution is 5.80. The van der Waals surface area contributed by atoms with E-state index in [2.05, 4.69) is 29.2 Å². The van der Waals surface area contributed by atoms with E-state index >= 15 is 0 Å². The fourth-order valence-corrected chi connectivity index (χ4v) is 2.86. The molecule has 0 radical (unpaired) electrons. The standard InChI is InChI=1S/C22H23NO2/c24-20(15-9-2-6-12-18-10-4-1-5-11-18)16-22-23-21(17-25-22)19-13-7-3-8-14-19/h1,3-5,7-8,10-11,13-14,17H,2,6,9,12,15-16H2. The van der Waals surface area contributed by atoms with Crippen LogP contribution in [0, 0.1) is 0 Å². The molecular weight excluding hydrogens is 310 g/mol. The number of rotatable bonds is 9. The van der Waals surface area contributed by atoms with Crippen LogP contribution in [-0.2, 0) is 17.6 Å². The minimum atomic E-state index is 0.196. The van der Waals surface area contributed by atoms with E-state index in [1.165, 1.54) is 5.56 Å². The first kappa shape index (κ1) is 17.2. The third-order valence-corrected chi connectivity index (χ3v) is 4.23. The Hall–Kier alpha value is -2.68. The molecule has 3 rings (SSSR count). The molecule has 0 unspecified atom stereocenters. The summed E-state index contributed by atoms with van der Waals surface area (Å²) in [5.74, 6) is 0.703. The lowest BCUT2D eigenvalue weighted by Gasteiger charge is -2.01. The summed E-state index contributed by atoms with van der Waals surface area (Å²) in [6.45, 7) is 0. The van der Waals surface area contributed by atoms with E-state index in [9.17, 15) is 4.79 Å². The molecule has 0 bridgehead atoms. The van der Waals surface area contributed by atoms with Gasteiger partial charge in [-0.1, -0.05) is 67.1 Å². The molecule has 0 aliphatic rings. The molecule has 0 spiro atoms. The fourth-order valence-electron chi connectivity index (χ4n) is 2.86. The van der Waals surface area contributed by atoms with E-state index < -0.39 is 0 Å². The summed E-state index contributed by atoms with van der Waals surface area (Å²) in [6, 6.07) is 20.3. The molecule has 3 nitrogen and oxygen atoms in total. The summed E-state index contributed by atoms with van der Waals surface area (Å²) in [7, 11) is 0. The summed E-state index contributed by atoms with van der Waals surface area (Å²) in [5, 5.41) is 0. The molecule has 25 heavy (non-hydrogen) atoms. The van der Waals surface area contributed by atoms with E-state index in [-0.39, 0.29) is 12.2 Å². The summed E-state index contributed by atoms with van der Waals surface area (Å²) in [5.41, 5.74) is 3.15. The van der Waals surface area contributed by atoms with E-state index in [4.69, 9.17) is 4.42 Å². The number of nitrogens with zero attached hydrogens (tertiary/aromatic N) is 1. The van der Waals surface area contributed by atoms with Crippen molar-refractivity contribution in [3.63, 3.8) is 0 Å². The highest BCUT2D eigenvalue weighted by Gasteiger charge is 2.10. The van der Waals surface area contributed by atoms with Crippen LogP contribution in [0.25, 0.3) is 11.3 Å². The van der Waals surface area contributed by atoms with Gasteiger partial charge in [0.15, 0.2) is 0 Å². The van der Waals surface area contributed by atoms with Crippen LogP contribution in [0.4, 0.5) is 0 Å². The number of oxazole rings is 1. The van der Waals surface area contributed by atoms with Gasteiger partial charge in [0.25, 0.3) is 0 Å². The van der Waals surface area contributed by atoms with Gasteiger partial charge in [0.1, 0.15) is 17.7 Å². The summed E-state index contributed by atoms with van der Waals surface area (Å²) >= 11 is 0. The first-order chi connectivity index (χ1) is 12.3. The van der Waals surface area contributed by atoms with Gasteiger partial charge in [0.2, 0.25) is 5.89 Å². The molecule has 0 fully saturated rings. The van der Waals surface area contributed by atoms with Crippen LogP contribution >= 0.6 is 0 Å². The smallest absolute Gasteiger partial charge is 0.202 e. The number of benzene rings is 2. The largest absolute Gasteiger partial charge is 0.448 e. The first-order valence-electron chi connectivity index (χ1n) is 8.87. The molecule has 0 aliphatic heterocycles. The lowest BCUT2D eigenvalue weighted by Crippen LogP contribution is -2.03. The van der Waals surface area contributed by atoms with Crippen molar-refractivity contribution in [3.05, 3.63) is 78.4 Å². The molecule has 1 heterocycles. The molecular formula is C22H23NO2. The number of ketones is 1. The van der Waals surface area contributed by atoms with Gasteiger partial charge >= 0.3 is 0 Å². The average molecular weight is 333 g/mol. The van der Waals surface area contributed by atoms with Crippen molar-refractivity contribution in [2.45, 2.75) is 38.5 Å². The number of aromatic nitrogens is 1. The van der Waals surface area contributed by atoms with Crippen LogP contribution in [0.1, 0.15) is 37.1 Å². The number of aryl methyl sites for hydroxylation is 1. The van der Waals surface area contributed by atoms with Gasteiger partial charge in [0, 0.05) is 12.0 Å². The van der Waals surface area contributed by atoms with Crippen LogP contribution in [-0.4, -0.2) is 10.8 Å². The van der Waals surface area contributed by atoms with E-state index in [0.717, 1.165) is 36.9 Å². The minimum absolute atomic E-state index is 0.196. The van der Waals surface area contributed by atoms with Gasteiger partial charge in [-0.3, -0.25) is 4.79 Å². The van der Waals surface area contributed by atoms with E-state index in [1.54, 1.807) is 6.26 Å². The molecule has 128 valence electrons. The Morgan fingerprint density at radius 1 is 0.880 bits per heavy atom. The second-order valence-electron chi connectivity index (χ2n) is 6.25. The molecule has 0 atom stereocenters. The zero-order chi connectivity index (χ0) is 17.3. The van der Waals surface area contributed by atoms with Crippen LogP contribution in [0.2, 0.25) is 0 Å². The maximum absolute atomic E-state index is 12.1. The van der Waals surface area contributed by atoms with Gasteiger partial charge in [0.05, 0.1) is 6.42 Å². The zero-order valence-corrected chi connectivity index (χ0v) is 14.4. The first-order valence-corrected chi connectivity index (χ1v) is 8.87. The number of carbonyl (C=O) groups is 1. The van der Waals surface area contributed by atoms with Crippen LogP contribution < -0.4 is 0 Å². The van der Waals surface area contributed by atoms with E-state index in [0.29, 0.717) is 12.3 Å². The molecule has 3 aromatic rings. The van der Waals surface area contributed by atoms with Crippen molar-refractivity contribution in [2.24, 2.45) is 0 Å². The third-order valence-electron chi connectivity index (χ3n) is 4.23. The van der Waals surface area contributed by atoms with Crippen molar-refractivity contribution in [1.29, 1.82) is 0 Å². The highest BCUT2D eigenvalue weighted by atomic mass is 16.3. The summed E-state index contributed by atoms with van der Waals surface area (Å²) in [4.78, 5) is 16.5. The Labute approximate surface area is 148 Å². The van der Waals surface area contributed by atoms with Gasteiger partial charge in [-0.2, -0.15) is 0 Å². The Balaban J connectivity index is 1.37. The Morgan fingerprint density at radius 3 is 2.36 bits per heavy atom. The Bertz CT molecular complexity index is 778. The fraction of sp³-hybridized carbons (Fsp3) is 0.273. The van der Waals surface area contributed by atoms with Crippen molar-refractivity contribution in [2.75, 3.05) is 0 Å². The van der Waals surface area contributed by atoms with Crippen LogP contribution in [0.3, 0.4) is 0 Å². The SMILES string of the molecule is O=C(CCCCCc1ccccc1)Cc1nc(-c2ccccc2)co1. The Kier molecular flexibility index (Phi) is 6.16. The molecule has 0 saturated heterocycles. The molecule has 0 aliphatic carbocycles. The molecule has 0 amide bonds. The number of unbranched alkanes of at least 4 members (excludes halogenated alkanes) is 2. The van der Waals surface area contributed by atoms with Crippen molar-refractivity contribution in [1.82, 2.24) is 4.98 Å². The molecule has 1 aromatic heterocycles. The second kappa shape index (κ2) is 8.97. The maximum Gasteiger partial charge on any atom is 0.202 e. The summed E-state index contributed by atoms with van der Waals surface area (Å²) in [6.07, 6.45) is 6.70.